The first kappa shape index (κ1) is 22.1. The molecule has 0 saturated heterocycles. The molecule has 0 aliphatic carbocycles. The molecule has 0 fully saturated rings. The van der Waals surface area contributed by atoms with Crippen LogP contribution in [0.25, 0.3) is 0 Å². The van der Waals surface area contributed by atoms with E-state index in [-0.39, 0.29) is 6.42 Å². The van der Waals surface area contributed by atoms with E-state index in [9.17, 15) is 9.59 Å². The van der Waals surface area contributed by atoms with Crippen LogP contribution in [-0.4, -0.2) is 26.5 Å². The number of hydrogen-bond donors (Lipinski definition) is 0. The summed E-state index contributed by atoms with van der Waals surface area (Å²) in [6, 6.07) is 6.73. The SMILES string of the molecule is COc1ccc([C@H](Cc2c(Cl)c[nH+]cc2Cl)OC(=O)c2csc(C=O)c2)cc1OC. The molecule has 9 heteroatoms. The van der Waals surface area contributed by atoms with E-state index in [1.807, 2.05) is 0 Å². The lowest BCUT2D eigenvalue weighted by molar-refractivity contribution is -0.377. The van der Waals surface area contributed by atoms with Crippen LogP contribution in [-0.2, 0) is 11.2 Å². The van der Waals surface area contributed by atoms with E-state index in [1.54, 1.807) is 36.0 Å². The number of rotatable bonds is 8. The van der Waals surface area contributed by atoms with Crippen molar-refractivity contribution in [1.82, 2.24) is 0 Å². The predicted molar refractivity (Wildman–Crippen MR) is 114 cm³/mol. The van der Waals surface area contributed by atoms with Crippen molar-refractivity contribution in [3.8, 4) is 11.5 Å². The van der Waals surface area contributed by atoms with Crippen LogP contribution in [0.3, 0.4) is 0 Å². The van der Waals surface area contributed by atoms with Gasteiger partial charge in [-0.2, -0.15) is 0 Å². The fourth-order valence-electron chi connectivity index (χ4n) is 2.86. The number of hydrogen-bond acceptors (Lipinski definition) is 6. The first-order valence-electron chi connectivity index (χ1n) is 8.77. The number of nitrogens with one attached hydrogen (secondary N) is 1. The number of H-pyrrole nitrogens is 1. The van der Waals surface area contributed by atoms with Gasteiger partial charge in [-0.3, -0.25) is 4.79 Å². The Morgan fingerprint density at radius 2 is 1.83 bits per heavy atom. The first-order valence-corrected chi connectivity index (χ1v) is 10.4. The predicted octanol–water partition coefficient (Wildman–Crippen LogP) is 4.84. The van der Waals surface area contributed by atoms with Crippen molar-refractivity contribution in [2.24, 2.45) is 0 Å². The number of ether oxygens (including phenoxy) is 3. The summed E-state index contributed by atoms with van der Waals surface area (Å²) in [6.07, 6.45) is 3.41. The Labute approximate surface area is 187 Å². The lowest BCUT2D eigenvalue weighted by Crippen LogP contribution is -2.15. The summed E-state index contributed by atoms with van der Waals surface area (Å²) >= 11 is 13.8. The maximum absolute atomic E-state index is 12.7. The Balaban J connectivity index is 1.97. The molecule has 2 heterocycles. The number of aromatic amines is 1. The second-order valence-electron chi connectivity index (χ2n) is 6.20. The number of carbonyl (C=O) groups is 2. The normalized spacial score (nSPS) is 11.6. The third-order valence-corrected chi connectivity index (χ3v) is 5.92. The van der Waals surface area contributed by atoms with E-state index in [0.717, 1.165) is 0 Å². The summed E-state index contributed by atoms with van der Waals surface area (Å²) in [5, 5.41) is 2.42. The van der Waals surface area contributed by atoms with Gasteiger partial charge in [-0.05, 0) is 23.8 Å². The number of halogens is 2. The van der Waals surface area contributed by atoms with Crippen LogP contribution in [0.1, 0.15) is 37.3 Å². The van der Waals surface area contributed by atoms with Crippen LogP contribution < -0.4 is 14.5 Å². The van der Waals surface area contributed by atoms with Gasteiger partial charge in [0.1, 0.15) is 16.1 Å². The molecule has 3 aromatic rings. The van der Waals surface area contributed by atoms with Crippen LogP contribution in [0.5, 0.6) is 11.5 Å². The maximum Gasteiger partial charge on any atom is 0.339 e. The summed E-state index contributed by atoms with van der Waals surface area (Å²) in [6.45, 7) is 0. The summed E-state index contributed by atoms with van der Waals surface area (Å²) in [5.74, 6) is 0.479. The van der Waals surface area contributed by atoms with Crippen molar-refractivity contribution in [3.05, 3.63) is 73.7 Å². The number of methoxy groups -OCH3 is 2. The zero-order valence-corrected chi connectivity index (χ0v) is 18.4. The van der Waals surface area contributed by atoms with Gasteiger partial charge in [0.05, 0.1) is 24.7 Å². The van der Waals surface area contributed by atoms with Crippen LogP contribution in [0, 0.1) is 0 Å². The van der Waals surface area contributed by atoms with Gasteiger partial charge in [0.2, 0.25) is 0 Å². The van der Waals surface area contributed by atoms with Crippen LogP contribution in [0.15, 0.2) is 42.0 Å². The number of aldehydes is 1. The van der Waals surface area contributed by atoms with Gasteiger partial charge in [-0.1, -0.05) is 29.3 Å². The van der Waals surface area contributed by atoms with Crippen LogP contribution in [0.2, 0.25) is 10.0 Å². The highest BCUT2D eigenvalue weighted by atomic mass is 35.5. The summed E-state index contributed by atoms with van der Waals surface area (Å²) < 4.78 is 16.4. The third-order valence-electron chi connectivity index (χ3n) is 4.39. The zero-order chi connectivity index (χ0) is 21.7. The number of carbonyl (C=O) groups excluding carboxylic acids is 2. The lowest BCUT2D eigenvalue weighted by Gasteiger charge is -2.20. The monoisotopic (exact) mass is 466 g/mol. The molecule has 0 saturated carbocycles. The molecule has 1 atom stereocenters. The highest BCUT2D eigenvalue weighted by Gasteiger charge is 2.24. The first-order chi connectivity index (χ1) is 14.5. The Bertz CT molecular complexity index is 1050. The highest BCUT2D eigenvalue weighted by Crippen LogP contribution is 2.35. The van der Waals surface area contributed by atoms with Gasteiger partial charge in [0, 0.05) is 17.4 Å². The van der Waals surface area contributed by atoms with Crippen molar-refractivity contribution in [1.29, 1.82) is 0 Å². The Morgan fingerprint density at radius 1 is 1.13 bits per heavy atom. The molecule has 0 aliphatic heterocycles. The van der Waals surface area contributed by atoms with E-state index in [2.05, 4.69) is 4.98 Å². The van der Waals surface area contributed by atoms with E-state index >= 15 is 0 Å². The molecule has 3 rings (SSSR count). The summed E-state index contributed by atoms with van der Waals surface area (Å²) in [5.41, 5.74) is 1.60. The van der Waals surface area contributed by atoms with E-state index in [1.165, 1.54) is 31.6 Å². The molecule has 0 unspecified atom stereocenters. The molecular weight excluding hydrogens is 449 g/mol. The molecule has 0 bridgehead atoms. The molecule has 2 aromatic heterocycles. The third kappa shape index (κ3) is 4.92. The molecule has 0 amide bonds. The fraction of sp³-hybridized carbons (Fsp3) is 0.190. The number of aromatic nitrogens is 1. The molecular formula is C21H18Cl2NO5S+. The van der Waals surface area contributed by atoms with Gasteiger partial charge in [-0.15, -0.1) is 11.3 Å². The smallest absolute Gasteiger partial charge is 0.339 e. The standard InChI is InChI=1S/C21H17Cl2NO5S/c1-27-18-4-3-12(6-20(18)28-2)19(7-15-16(22)8-24-9-17(15)23)29-21(26)13-5-14(10-25)30-11-13/h3-6,8-11,19H,7H2,1-2H3/p+1/t19-/m0/s1. The molecule has 1 aromatic carbocycles. The Kier molecular flexibility index (Phi) is 7.31. The van der Waals surface area contributed by atoms with Crippen LogP contribution >= 0.6 is 34.5 Å². The topological polar surface area (TPSA) is 76.0 Å². The minimum absolute atomic E-state index is 0.234. The van der Waals surface area contributed by atoms with Gasteiger partial charge < -0.3 is 14.2 Å². The minimum atomic E-state index is -0.714. The average Bonchev–Trinajstić information content (AvgIpc) is 3.24. The summed E-state index contributed by atoms with van der Waals surface area (Å²) in [4.78, 5) is 27.0. The van der Waals surface area contributed by atoms with Crippen molar-refractivity contribution in [2.45, 2.75) is 12.5 Å². The molecule has 1 N–H and O–H groups in total. The average molecular weight is 467 g/mol. The molecule has 6 nitrogen and oxygen atoms in total. The fourth-order valence-corrected chi connectivity index (χ4v) is 4.07. The van der Waals surface area contributed by atoms with Crippen molar-refractivity contribution >= 4 is 46.8 Å². The van der Waals surface area contributed by atoms with E-state index in [0.29, 0.717) is 49.4 Å². The van der Waals surface area contributed by atoms with E-state index in [4.69, 9.17) is 37.4 Å². The second kappa shape index (κ2) is 9.93. The number of benzene rings is 1. The van der Waals surface area contributed by atoms with Crippen molar-refractivity contribution < 1.29 is 28.8 Å². The van der Waals surface area contributed by atoms with Crippen LogP contribution in [0.4, 0.5) is 0 Å². The molecule has 0 radical (unpaired) electrons. The summed E-state index contributed by atoms with van der Waals surface area (Å²) in [7, 11) is 3.06. The Morgan fingerprint density at radius 3 is 2.43 bits per heavy atom. The second-order valence-corrected chi connectivity index (χ2v) is 7.96. The molecule has 0 spiro atoms. The highest BCUT2D eigenvalue weighted by molar-refractivity contribution is 7.12. The number of esters is 1. The maximum atomic E-state index is 12.7. The Hall–Kier alpha value is -2.61. The van der Waals surface area contributed by atoms with Gasteiger partial charge >= 0.3 is 5.97 Å². The van der Waals surface area contributed by atoms with Crippen molar-refractivity contribution in [2.75, 3.05) is 14.2 Å². The molecule has 0 aliphatic rings. The van der Waals surface area contributed by atoms with E-state index < -0.39 is 12.1 Å². The lowest BCUT2D eigenvalue weighted by atomic mass is 10.0. The van der Waals surface area contributed by atoms with Gasteiger partial charge in [-0.25, -0.2) is 9.78 Å². The van der Waals surface area contributed by atoms with Gasteiger partial charge in [0.15, 0.2) is 30.2 Å². The quantitative estimate of drug-likeness (QED) is 0.350. The number of thiophene rings is 1. The van der Waals surface area contributed by atoms with Gasteiger partial charge in [0.25, 0.3) is 0 Å². The largest absolute Gasteiger partial charge is 0.493 e. The molecule has 156 valence electrons. The molecule has 30 heavy (non-hydrogen) atoms. The zero-order valence-electron chi connectivity index (χ0n) is 16.1. The van der Waals surface area contributed by atoms with Crippen molar-refractivity contribution in [3.63, 3.8) is 0 Å². The number of pyridine rings is 1. The minimum Gasteiger partial charge on any atom is -0.493 e.